The lowest BCUT2D eigenvalue weighted by Gasteiger charge is -2.28. The van der Waals surface area contributed by atoms with Crippen molar-refractivity contribution < 1.29 is 13.2 Å². The lowest BCUT2D eigenvalue weighted by atomic mass is 10.0. The number of benzene rings is 3. The zero-order chi connectivity index (χ0) is 23.6. The molecule has 3 aromatic rings. The number of nitrogens with one attached hydrogen (secondary N) is 1. The molecule has 0 radical (unpaired) electrons. The third-order valence-corrected chi connectivity index (χ3v) is 8.32. The molecule has 0 saturated heterocycles. The fraction of sp³-hybridized carbons (Fsp3) is 0.269. The average Bonchev–Trinajstić information content (AvgIpc) is 2.83. The van der Waals surface area contributed by atoms with Gasteiger partial charge in [0.15, 0.2) is 0 Å². The molecule has 33 heavy (non-hydrogen) atoms. The number of anilines is 1. The summed E-state index contributed by atoms with van der Waals surface area (Å²) in [5.74, 6) is -0.420. The minimum atomic E-state index is -3.78. The third-order valence-electron chi connectivity index (χ3n) is 6.15. The number of hydrogen-bond donors (Lipinski definition) is 1. The van der Waals surface area contributed by atoms with Crippen molar-refractivity contribution in [3.63, 3.8) is 0 Å². The van der Waals surface area contributed by atoms with Crippen molar-refractivity contribution in [2.24, 2.45) is 0 Å². The molecule has 0 spiro atoms. The van der Waals surface area contributed by atoms with Gasteiger partial charge < -0.3 is 5.32 Å². The molecule has 1 aliphatic heterocycles. The van der Waals surface area contributed by atoms with Gasteiger partial charge in [-0.2, -0.15) is 4.31 Å². The number of carbonyl (C=O) groups is 1. The second kappa shape index (κ2) is 9.67. The minimum Gasteiger partial charge on any atom is -0.321 e. The van der Waals surface area contributed by atoms with Crippen molar-refractivity contribution >= 4 is 33.2 Å². The van der Waals surface area contributed by atoms with Crippen LogP contribution in [0.1, 0.15) is 46.5 Å². The summed E-state index contributed by atoms with van der Waals surface area (Å²) >= 11 is 6.34. The Morgan fingerprint density at radius 2 is 1.64 bits per heavy atom. The molecule has 4 rings (SSSR count). The number of rotatable bonds is 6. The molecule has 7 heteroatoms. The molecular formula is C26H27ClN2O3S. The number of sulfonamides is 1. The average molecular weight is 483 g/mol. The number of amides is 1. The lowest BCUT2D eigenvalue weighted by molar-refractivity contribution is 0.102. The molecule has 0 bridgehead atoms. The Balaban J connectivity index is 1.64. The van der Waals surface area contributed by atoms with Crippen LogP contribution in [0.2, 0.25) is 5.02 Å². The first kappa shape index (κ1) is 23.5. The predicted molar refractivity (Wildman–Crippen MR) is 132 cm³/mol. The van der Waals surface area contributed by atoms with Gasteiger partial charge in [0.25, 0.3) is 5.91 Å². The standard InChI is InChI=1S/C26H27ClN2O3S/c1-3-18-10-7-11-19(4-2)25(18)28-26(30)23-16-22(12-13-24(23)27)33(31,32)29-15-14-20-8-5-6-9-21(20)17-29/h5-13,16H,3-4,14-15,17H2,1-2H3,(H,28,30). The Kier molecular flexibility index (Phi) is 6.88. The van der Waals surface area contributed by atoms with Crippen molar-refractivity contribution in [3.8, 4) is 0 Å². The molecular weight excluding hydrogens is 456 g/mol. The summed E-state index contributed by atoms with van der Waals surface area (Å²) in [6.07, 6.45) is 2.19. The highest BCUT2D eigenvalue weighted by Crippen LogP contribution is 2.29. The molecule has 0 atom stereocenters. The third kappa shape index (κ3) is 4.69. The molecule has 1 aliphatic rings. The molecule has 1 heterocycles. The summed E-state index contributed by atoms with van der Waals surface area (Å²) in [7, 11) is -3.78. The fourth-order valence-corrected chi connectivity index (χ4v) is 5.90. The molecule has 0 unspecified atom stereocenters. The van der Waals surface area contributed by atoms with E-state index in [1.54, 1.807) is 0 Å². The molecule has 0 saturated carbocycles. The maximum atomic E-state index is 13.4. The summed E-state index contributed by atoms with van der Waals surface area (Å²) in [4.78, 5) is 13.3. The van der Waals surface area contributed by atoms with E-state index in [1.165, 1.54) is 28.1 Å². The van der Waals surface area contributed by atoms with Crippen LogP contribution in [0.3, 0.4) is 0 Å². The number of nitrogens with zero attached hydrogens (tertiary/aromatic N) is 1. The van der Waals surface area contributed by atoms with Crippen LogP contribution in [0.15, 0.2) is 65.6 Å². The Hall–Kier alpha value is -2.67. The fourth-order valence-electron chi connectivity index (χ4n) is 4.25. The maximum absolute atomic E-state index is 13.4. The van der Waals surface area contributed by atoms with Crippen molar-refractivity contribution in [1.29, 1.82) is 0 Å². The first-order chi connectivity index (χ1) is 15.8. The van der Waals surface area contributed by atoms with Gasteiger partial charge in [-0.3, -0.25) is 4.79 Å². The topological polar surface area (TPSA) is 66.5 Å². The van der Waals surface area contributed by atoms with E-state index < -0.39 is 15.9 Å². The Labute approximate surface area is 200 Å². The van der Waals surface area contributed by atoms with Gasteiger partial charge in [-0.05, 0) is 59.7 Å². The maximum Gasteiger partial charge on any atom is 0.257 e. The van der Waals surface area contributed by atoms with Gasteiger partial charge in [0.1, 0.15) is 0 Å². The van der Waals surface area contributed by atoms with Crippen LogP contribution in [-0.2, 0) is 35.8 Å². The molecule has 5 nitrogen and oxygen atoms in total. The van der Waals surface area contributed by atoms with Gasteiger partial charge in [0.05, 0.1) is 15.5 Å². The number of hydrogen-bond acceptors (Lipinski definition) is 3. The van der Waals surface area contributed by atoms with E-state index in [2.05, 4.69) is 5.32 Å². The monoisotopic (exact) mass is 482 g/mol. The SMILES string of the molecule is CCc1cccc(CC)c1NC(=O)c1cc(S(=O)(=O)N2CCc3ccccc3C2)ccc1Cl. The van der Waals surface area contributed by atoms with Crippen LogP contribution in [0.5, 0.6) is 0 Å². The molecule has 172 valence electrons. The smallest absolute Gasteiger partial charge is 0.257 e. The van der Waals surface area contributed by atoms with Gasteiger partial charge >= 0.3 is 0 Å². The second-order valence-corrected chi connectivity index (χ2v) is 10.5. The lowest BCUT2D eigenvalue weighted by Crippen LogP contribution is -2.36. The van der Waals surface area contributed by atoms with Crippen LogP contribution >= 0.6 is 11.6 Å². The first-order valence-electron chi connectivity index (χ1n) is 11.1. The summed E-state index contributed by atoms with van der Waals surface area (Å²) in [5, 5.41) is 3.19. The number of para-hydroxylation sites is 1. The van der Waals surface area contributed by atoms with E-state index in [0.717, 1.165) is 35.2 Å². The van der Waals surface area contributed by atoms with Gasteiger partial charge in [-0.15, -0.1) is 0 Å². The number of halogens is 1. The van der Waals surface area contributed by atoms with Gasteiger partial charge in [-0.25, -0.2) is 8.42 Å². The highest BCUT2D eigenvalue weighted by atomic mass is 35.5. The van der Waals surface area contributed by atoms with Crippen molar-refractivity contribution in [2.75, 3.05) is 11.9 Å². The predicted octanol–water partition coefficient (Wildman–Crippen LogP) is 5.46. The highest BCUT2D eigenvalue weighted by molar-refractivity contribution is 7.89. The van der Waals surface area contributed by atoms with Gasteiger partial charge in [0.2, 0.25) is 10.0 Å². The van der Waals surface area contributed by atoms with E-state index in [-0.39, 0.29) is 15.5 Å². The normalized spacial score (nSPS) is 14.0. The Bertz CT molecular complexity index is 1280. The summed E-state index contributed by atoms with van der Waals surface area (Å²) in [6.45, 7) is 4.77. The second-order valence-electron chi connectivity index (χ2n) is 8.11. The molecule has 0 fully saturated rings. The molecule has 3 aromatic carbocycles. The zero-order valence-electron chi connectivity index (χ0n) is 18.8. The Morgan fingerprint density at radius 3 is 2.30 bits per heavy atom. The van der Waals surface area contributed by atoms with E-state index in [1.807, 2.05) is 56.3 Å². The van der Waals surface area contributed by atoms with Crippen LogP contribution in [0.25, 0.3) is 0 Å². The molecule has 1 N–H and O–H groups in total. The highest BCUT2D eigenvalue weighted by Gasteiger charge is 2.29. The Morgan fingerprint density at radius 1 is 0.970 bits per heavy atom. The van der Waals surface area contributed by atoms with Gasteiger partial charge in [0, 0.05) is 18.8 Å². The number of carbonyl (C=O) groups excluding carboxylic acids is 1. The van der Waals surface area contributed by atoms with E-state index in [4.69, 9.17) is 11.6 Å². The molecule has 0 aromatic heterocycles. The minimum absolute atomic E-state index is 0.0657. The van der Waals surface area contributed by atoms with Crippen LogP contribution in [0, 0.1) is 0 Å². The quantitative estimate of drug-likeness (QED) is 0.507. The van der Waals surface area contributed by atoms with Crippen molar-refractivity contribution in [1.82, 2.24) is 4.31 Å². The van der Waals surface area contributed by atoms with E-state index in [9.17, 15) is 13.2 Å². The van der Waals surface area contributed by atoms with Crippen molar-refractivity contribution in [2.45, 2.75) is 44.6 Å². The molecule has 1 amide bonds. The zero-order valence-corrected chi connectivity index (χ0v) is 20.3. The molecule has 0 aliphatic carbocycles. The number of fused-ring (bicyclic) bond motifs is 1. The first-order valence-corrected chi connectivity index (χ1v) is 13.0. The van der Waals surface area contributed by atoms with Gasteiger partial charge in [-0.1, -0.05) is 67.9 Å². The van der Waals surface area contributed by atoms with E-state index >= 15 is 0 Å². The van der Waals surface area contributed by atoms with Crippen LogP contribution < -0.4 is 5.32 Å². The number of aryl methyl sites for hydroxylation is 2. The summed E-state index contributed by atoms with van der Waals surface area (Å²) in [5.41, 5.74) is 5.13. The van der Waals surface area contributed by atoms with E-state index in [0.29, 0.717) is 19.5 Å². The summed E-state index contributed by atoms with van der Waals surface area (Å²) in [6, 6.07) is 18.1. The van der Waals surface area contributed by atoms with Crippen LogP contribution in [0.4, 0.5) is 5.69 Å². The largest absolute Gasteiger partial charge is 0.321 e. The van der Waals surface area contributed by atoms with Crippen molar-refractivity contribution in [3.05, 3.63) is 93.5 Å². The van der Waals surface area contributed by atoms with Crippen LogP contribution in [-0.4, -0.2) is 25.2 Å². The summed E-state index contributed by atoms with van der Waals surface area (Å²) < 4.78 is 28.2.